The molecule has 48 heavy (non-hydrogen) atoms. The molecule has 0 spiro atoms. The molecule has 1 radical (unpaired) electrons. The Labute approximate surface area is 317 Å². The summed E-state index contributed by atoms with van der Waals surface area (Å²) in [7, 11) is -1.12. The molecule has 2 aromatic carbocycles. The summed E-state index contributed by atoms with van der Waals surface area (Å²) < 4.78 is 7.32. The van der Waals surface area contributed by atoms with E-state index in [-0.39, 0.29) is 45.6 Å². The molecular formula is C30H26BBr2FeMnN11O2. The Hall–Kier alpha value is -4.46. The number of benzene rings is 2. The van der Waals surface area contributed by atoms with Crippen molar-refractivity contribution in [1.29, 1.82) is 15.8 Å². The Kier molecular flexibility index (Phi) is 24.4. The summed E-state index contributed by atoms with van der Waals surface area (Å²) >= 11 is 6.71. The van der Waals surface area contributed by atoms with Gasteiger partial charge in [-0.1, -0.05) is 55.5 Å². The van der Waals surface area contributed by atoms with Gasteiger partial charge >= 0.3 is 41.3 Å². The zero-order valence-corrected chi connectivity index (χ0v) is 31.0. The number of aromatic nitrogens is 6. The minimum atomic E-state index is -1.12. The van der Waals surface area contributed by atoms with Crippen LogP contribution in [0.25, 0.3) is 0 Å². The van der Waals surface area contributed by atoms with Gasteiger partial charge in [-0.3, -0.25) is 9.98 Å². The van der Waals surface area contributed by atoms with Gasteiger partial charge in [0.05, 0.1) is 13.1 Å². The van der Waals surface area contributed by atoms with Crippen molar-refractivity contribution >= 4 is 50.4 Å². The van der Waals surface area contributed by atoms with E-state index in [1.54, 1.807) is 42.9 Å². The average Bonchev–Trinajstić information content (AvgIpc) is 3.91. The van der Waals surface area contributed by atoms with E-state index >= 15 is 0 Å². The van der Waals surface area contributed by atoms with Crippen LogP contribution >= 0.6 is 31.9 Å². The van der Waals surface area contributed by atoms with E-state index < -0.39 is 7.12 Å². The average molecular weight is 854 g/mol. The third-order valence-corrected chi connectivity index (χ3v) is 6.99. The molecule has 5 aromatic rings. The second-order valence-electron chi connectivity index (χ2n) is 8.78. The standard InChI is InChI=1S/C18H18Br2N2O2.C9H10BN6.3CN.Fe.Mn/c1-11(15-9-13(19)3-5-17(15)23)21-7-8-22-12(2)16-10-14(20)4-6-18(16)24;1-4-11-14(7-1)10(15-8-2-5-12-15)16-9-3-6-13-16;3*1-2;;/h3-6,9-10,23-24H,7-8H2,1-2H3;1-10H;;;;;/q;4*-1;2*+3/p-2. The third kappa shape index (κ3) is 14.1. The minimum Gasteiger partial charge on any atom is -0.872 e. The fourth-order valence-corrected chi connectivity index (χ4v) is 4.75. The Bertz CT molecular complexity index is 1570. The molecular weight excluding hydrogens is 828 g/mol. The monoisotopic (exact) mass is 852 g/mol. The van der Waals surface area contributed by atoms with E-state index in [9.17, 15) is 10.2 Å². The molecule has 0 saturated carbocycles. The maximum Gasteiger partial charge on any atom is 3.00 e. The summed E-state index contributed by atoms with van der Waals surface area (Å²) in [5.74, 6) is -0.103. The van der Waals surface area contributed by atoms with Crippen LogP contribution in [0.5, 0.6) is 11.5 Å². The third-order valence-electron chi connectivity index (χ3n) is 6.01. The first-order valence-corrected chi connectivity index (χ1v) is 14.7. The van der Waals surface area contributed by atoms with Crippen LogP contribution in [0.15, 0.2) is 111 Å². The van der Waals surface area contributed by atoms with Crippen LogP contribution in [0.2, 0.25) is 0 Å². The van der Waals surface area contributed by atoms with Crippen molar-refractivity contribution in [2.75, 3.05) is 13.1 Å². The molecule has 0 N–H and O–H groups in total. The zero-order chi connectivity index (χ0) is 34.5. The van der Waals surface area contributed by atoms with E-state index in [0.717, 1.165) is 8.95 Å². The number of rotatable bonds is 8. The van der Waals surface area contributed by atoms with Gasteiger partial charge in [-0.15, -0.1) is 0 Å². The van der Waals surface area contributed by atoms with Crippen molar-refractivity contribution in [3.63, 3.8) is 0 Å². The maximum atomic E-state index is 11.8. The zero-order valence-electron chi connectivity index (χ0n) is 25.5. The number of halogens is 2. The molecule has 0 aliphatic heterocycles. The SMILES string of the molecule is CC(=NCCN=C(C)c1cc(Br)ccc1[O-])c1cc(Br)ccc1[O-].[C-]#N.[C-]#N.[C-]#N.[Fe+3].[Mn+3].c1cnn([BH-](n2cccn2)n2cccn2)c1. The first-order chi connectivity index (χ1) is 22.3. The van der Waals surface area contributed by atoms with Gasteiger partial charge in [-0.05, 0) is 86.0 Å². The van der Waals surface area contributed by atoms with Gasteiger partial charge in [0, 0.05) is 39.0 Å². The summed E-state index contributed by atoms with van der Waals surface area (Å²) in [5.41, 5.74) is 2.53. The summed E-state index contributed by atoms with van der Waals surface area (Å²) in [6.07, 6.45) is 11.0. The molecule has 0 saturated heterocycles. The van der Waals surface area contributed by atoms with Crippen LogP contribution in [0.1, 0.15) is 25.0 Å². The second kappa shape index (κ2) is 25.6. The van der Waals surface area contributed by atoms with Crippen molar-refractivity contribution in [1.82, 2.24) is 29.1 Å². The second-order valence-corrected chi connectivity index (χ2v) is 10.6. The van der Waals surface area contributed by atoms with Gasteiger partial charge in [-0.2, -0.15) is 0 Å². The van der Waals surface area contributed by atoms with Gasteiger partial charge in [0.2, 0.25) is 0 Å². The topological polar surface area (TPSA) is 196 Å². The van der Waals surface area contributed by atoms with Gasteiger partial charge in [0.25, 0.3) is 0 Å². The molecule has 5 rings (SSSR count). The summed E-state index contributed by atoms with van der Waals surface area (Å²) in [4.78, 5) is 8.81. The van der Waals surface area contributed by atoms with Gasteiger partial charge in [-0.25, -0.2) is 15.3 Å². The van der Waals surface area contributed by atoms with Crippen LogP contribution in [-0.4, -0.2) is 60.7 Å². The van der Waals surface area contributed by atoms with Crippen LogP contribution in [-0.2, 0) is 34.1 Å². The van der Waals surface area contributed by atoms with Crippen LogP contribution in [0.4, 0.5) is 0 Å². The van der Waals surface area contributed by atoms with Gasteiger partial charge in [0.1, 0.15) is 0 Å². The number of aliphatic imine (C=N–C) groups is 2. The van der Waals surface area contributed by atoms with Crippen LogP contribution in [0.3, 0.4) is 0 Å². The predicted molar refractivity (Wildman–Crippen MR) is 176 cm³/mol. The first-order valence-electron chi connectivity index (χ1n) is 13.1. The van der Waals surface area contributed by atoms with Gasteiger partial charge < -0.3 is 59.5 Å². The summed E-state index contributed by atoms with van der Waals surface area (Å²) in [5, 5.41) is 55.2. The molecule has 0 aliphatic carbocycles. The van der Waals surface area contributed by atoms with E-state index in [1.165, 1.54) is 12.1 Å². The number of hydrogen-bond donors (Lipinski definition) is 0. The molecule has 3 heterocycles. The molecule has 0 amide bonds. The molecule has 0 unspecified atom stereocenters. The number of hydrogen-bond acceptors (Lipinski definition) is 10. The summed E-state index contributed by atoms with van der Waals surface area (Å²) in [6.45, 7) is 18.8. The van der Waals surface area contributed by atoms with E-state index in [0.29, 0.717) is 35.6 Å². The molecule has 0 bridgehead atoms. The Morgan fingerprint density at radius 1 is 0.688 bits per heavy atom. The molecule has 0 atom stereocenters. The molecule has 13 nitrogen and oxygen atoms in total. The quantitative estimate of drug-likeness (QED) is 0.0970. The minimum absolute atomic E-state index is 0. The summed E-state index contributed by atoms with van der Waals surface area (Å²) in [6, 6.07) is 15.7. The number of nitrogens with zero attached hydrogens (tertiary/aromatic N) is 11. The van der Waals surface area contributed by atoms with Crippen molar-refractivity contribution in [3.05, 3.63) is 132 Å². The smallest absolute Gasteiger partial charge is 0.872 e. The molecule has 0 aliphatic rings. The first kappa shape index (κ1) is 45.7. The molecule has 0 fully saturated rings. The van der Waals surface area contributed by atoms with Crippen molar-refractivity contribution in [2.24, 2.45) is 9.98 Å². The maximum absolute atomic E-state index is 11.8. The molecule has 245 valence electrons. The fraction of sp³-hybridized carbons (Fsp3) is 0.133. The Morgan fingerprint density at radius 3 is 1.27 bits per heavy atom. The van der Waals surface area contributed by atoms with Crippen molar-refractivity contribution in [3.8, 4) is 11.5 Å². The largest absolute Gasteiger partial charge is 3.00 e. The molecule has 18 heteroatoms. The van der Waals surface area contributed by atoms with E-state index in [2.05, 4.69) is 57.1 Å². The normalized spacial score (nSPS) is 10.1. The predicted octanol–water partition coefficient (Wildman–Crippen LogP) is 3.90. The Morgan fingerprint density at radius 2 is 1.00 bits per heavy atom. The van der Waals surface area contributed by atoms with Crippen molar-refractivity contribution in [2.45, 2.75) is 13.8 Å². The van der Waals surface area contributed by atoms with E-state index in [1.807, 2.05) is 64.4 Å². The van der Waals surface area contributed by atoms with Crippen molar-refractivity contribution < 1.29 is 44.4 Å². The van der Waals surface area contributed by atoms with Gasteiger partial charge in [0.15, 0.2) is 0 Å². The fourth-order valence-electron chi connectivity index (χ4n) is 4.02. The Balaban J connectivity index is 0. The van der Waals surface area contributed by atoms with Crippen LogP contribution < -0.4 is 10.2 Å². The molecule has 3 aromatic heterocycles. The van der Waals surface area contributed by atoms with E-state index in [4.69, 9.17) is 35.5 Å². The van der Waals surface area contributed by atoms with Crippen LogP contribution in [0, 0.1) is 35.5 Å².